The molecule has 1 aromatic carbocycles. The number of aromatic nitrogens is 2. The molecular weight excluding hydrogens is 297 g/mol. The number of aryl methyl sites for hydroxylation is 1. The van der Waals surface area contributed by atoms with Crippen molar-refractivity contribution in [2.45, 2.75) is 25.0 Å². The van der Waals surface area contributed by atoms with Crippen LogP contribution >= 0.6 is 0 Å². The van der Waals surface area contributed by atoms with E-state index in [1.807, 2.05) is 0 Å². The van der Waals surface area contributed by atoms with E-state index in [-0.39, 0.29) is 23.0 Å². The van der Waals surface area contributed by atoms with Crippen LogP contribution in [0.1, 0.15) is 16.8 Å². The van der Waals surface area contributed by atoms with Crippen molar-refractivity contribution in [3.05, 3.63) is 46.9 Å². The zero-order valence-corrected chi connectivity index (χ0v) is 12.2. The summed E-state index contributed by atoms with van der Waals surface area (Å²) >= 11 is 0. The first-order valence-electron chi connectivity index (χ1n) is 6.33. The molecule has 0 fully saturated rings. The molecule has 0 aliphatic carbocycles. The molecular formula is C13H16FN3O3S. The molecule has 0 radical (unpaired) electrons. The minimum Gasteiger partial charge on any atom is -0.392 e. The molecule has 0 saturated carbocycles. The van der Waals surface area contributed by atoms with Crippen LogP contribution in [0.3, 0.4) is 0 Å². The van der Waals surface area contributed by atoms with Crippen LogP contribution in [0.25, 0.3) is 0 Å². The Morgan fingerprint density at radius 3 is 2.62 bits per heavy atom. The van der Waals surface area contributed by atoms with Crippen molar-refractivity contribution < 1.29 is 17.9 Å². The van der Waals surface area contributed by atoms with Gasteiger partial charge in [0.05, 0.1) is 6.61 Å². The van der Waals surface area contributed by atoms with Crippen molar-refractivity contribution in [1.82, 2.24) is 14.9 Å². The number of aliphatic hydroxyl groups is 1. The normalized spacial score (nSPS) is 11.8. The highest BCUT2D eigenvalue weighted by Gasteiger charge is 2.22. The lowest BCUT2D eigenvalue weighted by molar-refractivity contribution is 0.277. The third kappa shape index (κ3) is 3.66. The van der Waals surface area contributed by atoms with E-state index in [1.54, 1.807) is 19.1 Å². The maximum atomic E-state index is 12.8. The Balaban J connectivity index is 2.03. The van der Waals surface area contributed by atoms with E-state index in [9.17, 15) is 17.9 Å². The van der Waals surface area contributed by atoms with Gasteiger partial charge in [0, 0.05) is 17.8 Å². The van der Waals surface area contributed by atoms with Gasteiger partial charge in [-0.25, -0.2) is 17.5 Å². The lowest BCUT2D eigenvalue weighted by atomic mass is 10.1. The van der Waals surface area contributed by atoms with Gasteiger partial charge in [0.1, 0.15) is 5.82 Å². The highest BCUT2D eigenvalue weighted by Crippen LogP contribution is 2.15. The maximum Gasteiger partial charge on any atom is 0.260 e. The topological polar surface area (TPSA) is 95.1 Å². The summed E-state index contributed by atoms with van der Waals surface area (Å²) in [4.78, 5) is 0. The van der Waals surface area contributed by atoms with Crippen LogP contribution in [0.2, 0.25) is 0 Å². The molecule has 1 heterocycles. The third-order valence-corrected chi connectivity index (χ3v) is 4.50. The van der Waals surface area contributed by atoms with Gasteiger partial charge in [-0.15, -0.1) is 0 Å². The molecule has 0 bridgehead atoms. The standard InChI is InChI=1S/C13H16FN3O3S/c1-9-12(8-18)13(17-16-9)21(19,20)15-7-6-10-2-4-11(14)5-3-10/h2-5,15,18H,6-8H2,1H3,(H,16,17). The molecule has 0 aliphatic rings. The average Bonchev–Trinajstić information content (AvgIpc) is 2.82. The fourth-order valence-corrected chi connectivity index (χ4v) is 3.10. The second-order valence-corrected chi connectivity index (χ2v) is 6.25. The number of nitrogens with one attached hydrogen (secondary N) is 2. The van der Waals surface area contributed by atoms with Gasteiger partial charge in [0.2, 0.25) is 0 Å². The third-order valence-electron chi connectivity index (χ3n) is 3.07. The number of halogens is 1. The summed E-state index contributed by atoms with van der Waals surface area (Å²) in [5.74, 6) is -0.334. The van der Waals surface area contributed by atoms with E-state index in [1.165, 1.54) is 12.1 Å². The van der Waals surface area contributed by atoms with E-state index in [0.717, 1.165) is 5.56 Å². The quantitative estimate of drug-likeness (QED) is 0.737. The summed E-state index contributed by atoms with van der Waals surface area (Å²) in [6.07, 6.45) is 0.428. The fourth-order valence-electron chi connectivity index (χ4n) is 1.89. The first-order chi connectivity index (χ1) is 9.94. The van der Waals surface area contributed by atoms with Crippen molar-refractivity contribution >= 4 is 10.0 Å². The molecule has 2 rings (SSSR count). The number of nitrogens with zero attached hydrogens (tertiary/aromatic N) is 1. The predicted molar refractivity (Wildman–Crippen MR) is 74.5 cm³/mol. The Bertz CT molecular complexity index is 711. The lowest BCUT2D eigenvalue weighted by Gasteiger charge is -2.06. The fraction of sp³-hybridized carbons (Fsp3) is 0.308. The van der Waals surface area contributed by atoms with Crippen LogP contribution in [-0.4, -0.2) is 30.3 Å². The van der Waals surface area contributed by atoms with Gasteiger partial charge in [0.25, 0.3) is 10.0 Å². The van der Waals surface area contributed by atoms with E-state index < -0.39 is 16.6 Å². The second kappa shape index (κ2) is 6.33. The zero-order chi connectivity index (χ0) is 15.5. The molecule has 0 aliphatic heterocycles. The number of sulfonamides is 1. The second-order valence-electron chi connectivity index (χ2n) is 4.56. The smallest absolute Gasteiger partial charge is 0.260 e. The highest BCUT2D eigenvalue weighted by atomic mass is 32.2. The van der Waals surface area contributed by atoms with Gasteiger partial charge in [0.15, 0.2) is 5.03 Å². The number of benzene rings is 1. The van der Waals surface area contributed by atoms with Crippen LogP contribution in [0, 0.1) is 12.7 Å². The molecule has 6 nitrogen and oxygen atoms in total. The Labute approximate surface area is 122 Å². The van der Waals surface area contributed by atoms with Crippen molar-refractivity contribution in [3.8, 4) is 0 Å². The van der Waals surface area contributed by atoms with Crippen LogP contribution < -0.4 is 4.72 Å². The zero-order valence-electron chi connectivity index (χ0n) is 11.4. The van der Waals surface area contributed by atoms with Gasteiger partial charge in [-0.05, 0) is 31.0 Å². The summed E-state index contributed by atoms with van der Waals surface area (Å²) in [6, 6.07) is 5.85. The Morgan fingerprint density at radius 2 is 2.00 bits per heavy atom. The number of rotatable bonds is 6. The number of aromatic amines is 1. The molecule has 0 amide bonds. The van der Waals surface area contributed by atoms with Crippen LogP contribution in [0.15, 0.2) is 29.3 Å². The maximum absolute atomic E-state index is 12.8. The number of hydrogen-bond donors (Lipinski definition) is 3. The van der Waals surface area contributed by atoms with E-state index in [0.29, 0.717) is 12.1 Å². The monoisotopic (exact) mass is 313 g/mol. The van der Waals surface area contributed by atoms with E-state index in [4.69, 9.17) is 0 Å². The molecule has 0 atom stereocenters. The summed E-state index contributed by atoms with van der Waals surface area (Å²) in [5, 5.41) is 15.2. The SMILES string of the molecule is Cc1[nH]nc(S(=O)(=O)NCCc2ccc(F)cc2)c1CO. The first kappa shape index (κ1) is 15.6. The minimum atomic E-state index is -3.79. The molecule has 0 unspecified atom stereocenters. The van der Waals surface area contributed by atoms with Gasteiger partial charge in [-0.3, -0.25) is 5.10 Å². The highest BCUT2D eigenvalue weighted by molar-refractivity contribution is 7.89. The molecule has 0 saturated heterocycles. The largest absolute Gasteiger partial charge is 0.392 e. The van der Waals surface area contributed by atoms with Crippen molar-refractivity contribution in [3.63, 3.8) is 0 Å². The van der Waals surface area contributed by atoms with Gasteiger partial charge in [-0.2, -0.15) is 5.10 Å². The van der Waals surface area contributed by atoms with E-state index >= 15 is 0 Å². The van der Waals surface area contributed by atoms with E-state index in [2.05, 4.69) is 14.9 Å². The Hall–Kier alpha value is -1.77. The average molecular weight is 313 g/mol. The van der Waals surface area contributed by atoms with Crippen molar-refractivity contribution in [2.75, 3.05) is 6.54 Å². The van der Waals surface area contributed by atoms with Crippen LogP contribution in [0.4, 0.5) is 4.39 Å². The molecule has 2 aromatic rings. The summed E-state index contributed by atoms with van der Waals surface area (Å²) in [5.41, 5.74) is 1.58. The van der Waals surface area contributed by atoms with Crippen LogP contribution in [-0.2, 0) is 23.1 Å². The molecule has 0 spiro atoms. The van der Waals surface area contributed by atoms with Crippen molar-refractivity contribution in [1.29, 1.82) is 0 Å². The lowest BCUT2D eigenvalue weighted by Crippen LogP contribution is -2.27. The number of hydrogen-bond acceptors (Lipinski definition) is 4. The Morgan fingerprint density at radius 1 is 1.33 bits per heavy atom. The van der Waals surface area contributed by atoms with Gasteiger partial charge >= 0.3 is 0 Å². The van der Waals surface area contributed by atoms with Gasteiger partial charge in [-0.1, -0.05) is 12.1 Å². The minimum absolute atomic E-state index is 0.157. The predicted octanol–water partition coefficient (Wildman–Crippen LogP) is 0.871. The van der Waals surface area contributed by atoms with Crippen molar-refractivity contribution in [2.24, 2.45) is 0 Å². The first-order valence-corrected chi connectivity index (χ1v) is 7.81. The molecule has 3 N–H and O–H groups in total. The number of H-pyrrole nitrogens is 1. The summed E-state index contributed by atoms with van der Waals surface area (Å²) in [7, 11) is -3.79. The molecule has 1 aromatic heterocycles. The summed E-state index contributed by atoms with van der Waals surface area (Å²) < 4.78 is 39.4. The molecule has 8 heteroatoms. The number of aliphatic hydroxyl groups excluding tert-OH is 1. The molecule has 114 valence electrons. The van der Waals surface area contributed by atoms with Gasteiger partial charge < -0.3 is 5.11 Å². The van der Waals surface area contributed by atoms with Crippen LogP contribution in [0.5, 0.6) is 0 Å². The summed E-state index contributed by atoms with van der Waals surface area (Å²) in [6.45, 7) is 1.39. The Kier molecular flexibility index (Phi) is 4.71. The molecule has 21 heavy (non-hydrogen) atoms.